The second-order valence-electron chi connectivity index (χ2n) is 5.98. The Balaban J connectivity index is 2.05. The molecule has 1 aliphatic rings. The highest BCUT2D eigenvalue weighted by Crippen LogP contribution is 2.41. The normalized spacial score (nSPS) is 20.8. The van der Waals surface area contributed by atoms with Crippen LogP contribution in [0.4, 0.5) is 0 Å². The molecule has 20 heavy (non-hydrogen) atoms. The summed E-state index contributed by atoms with van der Waals surface area (Å²) in [4.78, 5) is 10.3. The minimum absolute atomic E-state index is 0.0459. The van der Waals surface area contributed by atoms with Crippen LogP contribution in [0, 0.1) is 5.41 Å². The smallest absolute Gasteiger partial charge is 0.169 e. The van der Waals surface area contributed by atoms with E-state index in [1.807, 2.05) is 12.3 Å². The van der Waals surface area contributed by atoms with Gasteiger partial charge in [0.05, 0.1) is 8.66 Å². The van der Waals surface area contributed by atoms with E-state index in [2.05, 4.69) is 50.7 Å². The SMILES string of the molecule is CC1(C)Cc2nc(-c3cc(Br)c(Br)s3)ncc2C(N)C1. The first-order valence-corrected chi connectivity index (χ1v) is 8.82. The summed E-state index contributed by atoms with van der Waals surface area (Å²) in [6, 6.07) is 2.09. The minimum Gasteiger partial charge on any atom is -0.324 e. The third-order valence-corrected chi connectivity index (χ3v) is 6.84. The zero-order valence-electron chi connectivity index (χ0n) is 11.3. The number of nitrogens with zero attached hydrogens (tertiary/aromatic N) is 2. The number of nitrogens with two attached hydrogens (primary N) is 1. The Morgan fingerprint density at radius 3 is 2.80 bits per heavy atom. The number of hydrogen-bond donors (Lipinski definition) is 1. The van der Waals surface area contributed by atoms with Crippen LogP contribution >= 0.6 is 43.2 Å². The Morgan fingerprint density at radius 2 is 2.15 bits per heavy atom. The van der Waals surface area contributed by atoms with E-state index >= 15 is 0 Å². The van der Waals surface area contributed by atoms with Crippen molar-refractivity contribution >= 4 is 43.2 Å². The zero-order chi connectivity index (χ0) is 14.5. The summed E-state index contributed by atoms with van der Waals surface area (Å²) < 4.78 is 2.10. The topological polar surface area (TPSA) is 51.8 Å². The molecule has 1 atom stereocenters. The number of rotatable bonds is 1. The molecule has 0 aromatic carbocycles. The third-order valence-electron chi connectivity index (χ3n) is 3.58. The van der Waals surface area contributed by atoms with Crippen LogP contribution in [-0.4, -0.2) is 9.97 Å². The molecular formula is C14H15Br2N3S. The van der Waals surface area contributed by atoms with Gasteiger partial charge in [-0.3, -0.25) is 0 Å². The van der Waals surface area contributed by atoms with Gasteiger partial charge in [0.2, 0.25) is 0 Å². The molecule has 0 saturated heterocycles. The van der Waals surface area contributed by atoms with Crippen molar-refractivity contribution in [3.8, 4) is 10.7 Å². The first-order chi connectivity index (χ1) is 9.35. The van der Waals surface area contributed by atoms with Crippen LogP contribution in [0.5, 0.6) is 0 Å². The predicted molar refractivity (Wildman–Crippen MR) is 89.8 cm³/mol. The molecular weight excluding hydrogens is 402 g/mol. The Labute approximate surface area is 139 Å². The maximum atomic E-state index is 6.25. The lowest BCUT2D eigenvalue weighted by molar-refractivity contribution is 0.278. The van der Waals surface area contributed by atoms with Gasteiger partial charge in [-0.25, -0.2) is 9.97 Å². The number of aromatic nitrogens is 2. The van der Waals surface area contributed by atoms with Gasteiger partial charge in [-0.1, -0.05) is 13.8 Å². The largest absolute Gasteiger partial charge is 0.324 e. The van der Waals surface area contributed by atoms with Crippen molar-refractivity contribution in [2.45, 2.75) is 32.7 Å². The molecule has 0 radical (unpaired) electrons. The Morgan fingerprint density at radius 1 is 1.40 bits per heavy atom. The van der Waals surface area contributed by atoms with Crippen molar-refractivity contribution in [3.05, 3.63) is 31.8 Å². The molecule has 6 heteroatoms. The molecule has 0 spiro atoms. The lowest BCUT2D eigenvalue weighted by atomic mass is 9.74. The van der Waals surface area contributed by atoms with Gasteiger partial charge in [0, 0.05) is 28.0 Å². The first kappa shape index (κ1) is 14.6. The summed E-state index contributed by atoms with van der Waals surface area (Å²) in [6.07, 6.45) is 3.84. The lowest BCUT2D eigenvalue weighted by Gasteiger charge is -2.34. The number of thiophene rings is 1. The second kappa shape index (κ2) is 5.16. The standard InChI is InChI=1S/C14H15Br2N3S/c1-14(2)4-9(17)7-6-18-13(19-10(7)5-14)11-3-8(15)12(16)20-11/h3,6,9H,4-5,17H2,1-2H3. The molecule has 1 aliphatic carbocycles. The van der Waals surface area contributed by atoms with E-state index in [0.717, 1.165) is 43.1 Å². The predicted octanol–water partition coefficient (Wildman–Crippen LogP) is 4.70. The van der Waals surface area contributed by atoms with Crippen molar-refractivity contribution < 1.29 is 0 Å². The fraction of sp³-hybridized carbons (Fsp3) is 0.429. The molecule has 2 heterocycles. The number of fused-ring (bicyclic) bond motifs is 1. The lowest BCUT2D eigenvalue weighted by Crippen LogP contribution is -2.30. The number of hydrogen-bond acceptors (Lipinski definition) is 4. The van der Waals surface area contributed by atoms with Gasteiger partial charge >= 0.3 is 0 Å². The molecule has 0 amide bonds. The van der Waals surface area contributed by atoms with Crippen molar-refractivity contribution in [1.29, 1.82) is 0 Å². The van der Waals surface area contributed by atoms with Crippen molar-refractivity contribution in [2.75, 3.05) is 0 Å². The summed E-state index contributed by atoms with van der Waals surface area (Å²) in [5.41, 5.74) is 8.65. The van der Waals surface area contributed by atoms with Crippen LogP contribution in [0.3, 0.4) is 0 Å². The van der Waals surface area contributed by atoms with E-state index in [9.17, 15) is 0 Å². The minimum atomic E-state index is 0.0459. The van der Waals surface area contributed by atoms with Crippen LogP contribution in [0.15, 0.2) is 20.5 Å². The molecule has 2 N–H and O–H groups in total. The van der Waals surface area contributed by atoms with Crippen LogP contribution in [0.1, 0.15) is 37.6 Å². The molecule has 3 nitrogen and oxygen atoms in total. The average molecular weight is 417 g/mol. The highest BCUT2D eigenvalue weighted by Gasteiger charge is 2.31. The van der Waals surface area contributed by atoms with Gasteiger partial charge in [-0.15, -0.1) is 11.3 Å². The van der Waals surface area contributed by atoms with Gasteiger partial charge < -0.3 is 5.73 Å². The Kier molecular flexibility index (Phi) is 3.77. The van der Waals surface area contributed by atoms with Gasteiger partial charge in [0.15, 0.2) is 5.82 Å². The maximum absolute atomic E-state index is 6.25. The maximum Gasteiger partial charge on any atom is 0.169 e. The first-order valence-electron chi connectivity index (χ1n) is 6.42. The number of halogens is 2. The average Bonchev–Trinajstić information content (AvgIpc) is 2.67. The molecule has 2 aromatic rings. The van der Waals surface area contributed by atoms with Gasteiger partial charge in [-0.2, -0.15) is 0 Å². The van der Waals surface area contributed by atoms with Crippen molar-refractivity contribution in [3.63, 3.8) is 0 Å². The van der Waals surface area contributed by atoms with Crippen LogP contribution < -0.4 is 5.73 Å². The monoisotopic (exact) mass is 415 g/mol. The summed E-state index contributed by atoms with van der Waals surface area (Å²) in [6.45, 7) is 4.49. The zero-order valence-corrected chi connectivity index (χ0v) is 15.3. The fourth-order valence-electron chi connectivity index (χ4n) is 2.68. The molecule has 2 aromatic heterocycles. The molecule has 0 saturated carbocycles. The van der Waals surface area contributed by atoms with E-state index in [1.54, 1.807) is 11.3 Å². The van der Waals surface area contributed by atoms with E-state index < -0.39 is 0 Å². The highest BCUT2D eigenvalue weighted by atomic mass is 79.9. The molecule has 1 unspecified atom stereocenters. The molecule has 0 bridgehead atoms. The van der Waals surface area contributed by atoms with E-state index in [-0.39, 0.29) is 11.5 Å². The second-order valence-corrected chi connectivity index (χ2v) is 9.20. The van der Waals surface area contributed by atoms with Crippen LogP contribution in [0.2, 0.25) is 0 Å². The molecule has 0 aliphatic heterocycles. The van der Waals surface area contributed by atoms with Crippen molar-refractivity contribution in [1.82, 2.24) is 9.97 Å². The quantitative estimate of drug-likeness (QED) is 0.732. The van der Waals surface area contributed by atoms with Crippen molar-refractivity contribution in [2.24, 2.45) is 11.1 Å². The summed E-state index contributed by atoms with van der Waals surface area (Å²) in [7, 11) is 0. The van der Waals surface area contributed by atoms with Gasteiger partial charge in [-0.05, 0) is 56.2 Å². The van der Waals surface area contributed by atoms with E-state index in [0.29, 0.717) is 0 Å². The fourth-order valence-corrected chi connectivity index (χ4v) is 4.66. The van der Waals surface area contributed by atoms with Gasteiger partial charge in [0.1, 0.15) is 0 Å². The van der Waals surface area contributed by atoms with E-state index in [4.69, 9.17) is 10.7 Å². The Hall–Kier alpha value is -0.300. The third kappa shape index (κ3) is 2.71. The highest BCUT2D eigenvalue weighted by molar-refractivity contribution is 9.13. The summed E-state index contributed by atoms with van der Waals surface area (Å²) in [5, 5.41) is 0. The molecule has 106 valence electrons. The summed E-state index contributed by atoms with van der Waals surface area (Å²) >= 11 is 8.65. The Bertz CT molecular complexity index is 647. The summed E-state index contributed by atoms with van der Waals surface area (Å²) in [5.74, 6) is 0.782. The van der Waals surface area contributed by atoms with Gasteiger partial charge in [0.25, 0.3) is 0 Å². The molecule has 0 fully saturated rings. The van der Waals surface area contributed by atoms with Crippen LogP contribution in [-0.2, 0) is 6.42 Å². The van der Waals surface area contributed by atoms with E-state index in [1.165, 1.54) is 0 Å². The van der Waals surface area contributed by atoms with Crippen LogP contribution in [0.25, 0.3) is 10.7 Å². The molecule has 3 rings (SSSR count).